The summed E-state index contributed by atoms with van der Waals surface area (Å²) in [6, 6.07) is 5.95. The van der Waals surface area contributed by atoms with Gasteiger partial charge in [0.25, 0.3) is 0 Å². The zero-order valence-electron chi connectivity index (χ0n) is 20.4. The van der Waals surface area contributed by atoms with E-state index < -0.39 is 19.6 Å². The minimum absolute atomic E-state index is 0.0563. The summed E-state index contributed by atoms with van der Waals surface area (Å²) in [6.45, 7) is 2.05. The number of benzene rings is 1. The quantitative estimate of drug-likeness (QED) is 0.196. The monoisotopic (exact) mass is 552 g/mol. The second-order valence-corrected chi connectivity index (χ2v) is 9.75. The van der Waals surface area contributed by atoms with E-state index in [0.29, 0.717) is 45.7 Å². The summed E-state index contributed by atoms with van der Waals surface area (Å²) in [7, 11) is 12.9. The van der Waals surface area contributed by atoms with Gasteiger partial charge < -0.3 is 19.8 Å². The zero-order valence-corrected chi connectivity index (χ0v) is 22.0. The first-order valence-corrected chi connectivity index (χ1v) is 13.0. The van der Waals surface area contributed by atoms with Crippen molar-refractivity contribution in [2.75, 3.05) is 12.0 Å². The Morgan fingerprint density at radius 3 is 2.82 bits per heavy atom. The van der Waals surface area contributed by atoms with Crippen molar-refractivity contribution < 1.29 is 23.4 Å². The van der Waals surface area contributed by atoms with Gasteiger partial charge in [0.05, 0.1) is 27.1 Å². The molecule has 15 heteroatoms. The molecule has 1 aliphatic rings. The molecule has 38 heavy (non-hydrogen) atoms. The molecule has 192 valence electrons. The van der Waals surface area contributed by atoms with E-state index in [4.69, 9.17) is 46.3 Å². The van der Waals surface area contributed by atoms with E-state index in [1.54, 1.807) is 40.9 Å². The number of nitrogens with one attached hydrogen (secondary N) is 1. The number of nitrogens with zero attached hydrogens (tertiary/aromatic N) is 5. The number of hydrogen-bond donors (Lipinski definition) is 3. The average Bonchev–Trinajstić information content (AvgIpc) is 3.43. The Balaban J connectivity index is 1.78. The normalized spacial score (nSPS) is 14.1. The molecule has 0 unspecified atom stereocenters. The highest BCUT2D eigenvalue weighted by atomic mass is 35.5. The molecule has 0 aliphatic carbocycles. The maximum Gasteiger partial charge on any atom is 0.328 e. The number of hydrogen-bond acceptors (Lipinski definition) is 8. The van der Waals surface area contributed by atoms with E-state index in [2.05, 4.69) is 20.5 Å². The highest BCUT2D eigenvalue weighted by Crippen LogP contribution is 2.44. The predicted octanol–water partition coefficient (Wildman–Crippen LogP) is 3.19. The molecule has 1 aromatic carbocycles. The standard InChI is InChI=1S/C23H21B2ClFN6O4P/c1-3-33-20-12-7-17(22(28-8-12)29-11-37-38(34)35)36-10-13-6-14(27)4-5-15(13)19-16(9-32(2)30-19)23(24,25)18(20)21(26)31-33/h4-9,34-35H,3,10-11H2,1-2H3,(H,28,29). The molecular weight excluding hydrogens is 531 g/mol. The number of fused-ring (bicyclic) bond motifs is 7. The number of halogens is 2. The molecule has 0 spiro atoms. The van der Waals surface area contributed by atoms with Crippen LogP contribution in [0.25, 0.3) is 22.5 Å². The van der Waals surface area contributed by atoms with Crippen molar-refractivity contribution in [1.29, 1.82) is 0 Å². The van der Waals surface area contributed by atoms with Gasteiger partial charge in [-0.05, 0) is 42.0 Å². The molecule has 0 fully saturated rings. The van der Waals surface area contributed by atoms with Crippen molar-refractivity contribution in [3.8, 4) is 28.3 Å². The summed E-state index contributed by atoms with van der Waals surface area (Å²) in [5, 5.41) is 10.4. The van der Waals surface area contributed by atoms with Gasteiger partial charge in [0.15, 0.2) is 16.7 Å². The van der Waals surface area contributed by atoms with E-state index in [-0.39, 0.29) is 30.1 Å². The van der Waals surface area contributed by atoms with Crippen LogP contribution in [0.1, 0.15) is 23.6 Å². The number of ether oxygens (including phenoxy) is 1. The molecule has 4 radical (unpaired) electrons. The molecule has 5 rings (SSSR count). The van der Waals surface area contributed by atoms with Crippen LogP contribution in [-0.2, 0) is 29.9 Å². The third-order valence-corrected chi connectivity index (χ3v) is 6.77. The summed E-state index contributed by atoms with van der Waals surface area (Å²) >= 11 is 6.66. The number of pyridine rings is 1. The lowest BCUT2D eigenvalue weighted by Gasteiger charge is -2.28. The summed E-state index contributed by atoms with van der Waals surface area (Å²) in [4.78, 5) is 22.6. The van der Waals surface area contributed by atoms with Crippen LogP contribution in [0, 0.1) is 5.82 Å². The predicted molar refractivity (Wildman–Crippen MR) is 142 cm³/mol. The van der Waals surface area contributed by atoms with E-state index in [1.807, 2.05) is 6.92 Å². The molecule has 4 heterocycles. The molecule has 0 amide bonds. The van der Waals surface area contributed by atoms with Gasteiger partial charge in [-0.3, -0.25) is 13.9 Å². The van der Waals surface area contributed by atoms with E-state index in [9.17, 15) is 4.39 Å². The lowest BCUT2D eigenvalue weighted by Crippen LogP contribution is -2.30. The molecule has 2 bridgehead atoms. The maximum atomic E-state index is 14.4. The molecule has 0 atom stereocenters. The van der Waals surface area contributed by atoms with Crippen molar-refractivity contribution >= 4 is 41.7 Å². The van der Waals surface area contributed by atoms with Gasteiger partial charge in [0.1, 0.15) is 19.2 Å². The second-order valence-electron chi connectivity index (χ2n) is 8.63. The maximum absolute atomic E-state index is 14.4. The first-order valence-electron chi connectivity index (χ1n) is 11.5. The van der Waals surface area contributed by atoms with Gasteiger partial charge >= 0.3 is 8.60 Å². The van der Waals surface area contributed by atoms with Crippen LogP contribution in [-0.4, -0.2) is 56.8 Å². The Labute approximate surface area is 226 Å². The fourth-order valence-corrected chi connectivity index (χ4v) is 5.01. The Morgan fingerprint density at radius 2 is 2.08 bits per heavy atom. The zero-order chi connectivity index (χ0) is 27.2. The third-order valence-electron chi connectivity index (χ3n) is 6.15. The SMILES string of the molecule is [B]C1([B])c2cn(C)nc2-c2ccc(F)cc2COc2cc(cnc2NCOP(O)O)-c2c1c(Cl)nn2CC. The highest BCUT2D eigenvalue weighted by molar-refractivity contribution is 7.39. The first kappa shape index (κ1) is 26.6. The minimum Gasteiger partial charge on any atom is -0.485 e. The van der Waals surface area contributed by atoms with Crippen molar-refractivity contribution in [2.45, 2.75) is 25.3 Å². The van der Waals surface area contributed by atoms with Crippen LogP contribution in [0.2, 0.25) is 5.15 Å². The molecule has 3 N–H and O–H groups in total. The van der Waals surface area contributed by atoms with Gasteiger partial charge in [-0.2, -0.15) is 10.2 Å². The fraction of sp³-hybridized carbons (Fsp3) is 0.261. The van der Waals surface area contributed by atoms with Crippen LogP contribution in [0.4, 0.5) is 10.2 Å². The summed E-state index contributed by atoms with van der Waals surface area (Å²) in [6.07, 6.45) is 3.25. The number of rotatable bonds is 5. The number of aryl methyl sites for hydroxylation is 2. The molecule has 3 aromatic heterocycles. The van der Waals surface area contributed by atoms with Gasteiger partial charge in [0.2, 0.25) is 0 Å². The Hall–Kier alpha value is -2.95. The molecule has 10 nitrogen and oxygen atoms in total. The lowest BCUT2D eigenvalue weighted by atomic mass is 9.47. The van der Waals surface area contributed by atoms with Crippen LogP contribution >= 0.6 is 20.2 Å². The Bertz CT molecular complexity index is 1520. The van der Waals surface area contributed by atoms with Crippen LogP contribution in [0.15, 0.2) is 36.7 Å². The summed E-state index contributed by atoms with van der Waals surface area (Å²) in [5.41, 5.74) is 3.39. The molecule has 1 aliphatic heterocycles. The summed E-state index contributed by atoms with van der Waals surface area (Å²) in [5.74, 6) is 0.0612. The number of aromatic nitrogens is 5. The van der Waals surface area contributed by atoms with E-state index in [0.717, 1.165) is 0 Å². The Morgan fingerprint density at radius 1 is 1.29 bits per heavy atom. The largest absolute Gasteiger partial charge is 0.485 e. The van der Waals surface area contributed by atoms with Gasteiger partial charge in [0, 0.05) is 48.2 Å². The van der Waals surface area contributed by atoms with Crippen LogP contribution in [0.5, 0.6) is 5.75 Å². The molecular formula is C23H21B2ClFN6O4P. The minimum atomic E-state index is -2.57. The van der Waals surface area contributed by atoms with Crippen molar-refractivity contribution in [2.24, 2.45) is 7.05 Å². The van der Waals surface area contributed by atoms with Crippen molar-refractivity contribution in [3.63, 3.8) is 0 Å². The third kappa shape index (κ3) is 4.81. The average molecular weight is 553 g/mol. The summed E-state index contributed by atoms with van der Waals surface area (Å²) < 4.78 is 28.6. The van der Waals surface area contributed by atoms with Crippen LogP contribution < -0.4 is 10.1 Å². The lowest BCUT2D eigenvalue weighted by molar-refractivity contribution is 0.270. The van der Waals surface area contributed by atoms with Gasteiger partial charge in [-0.25, -0.2) is 9.37 Å². The smallest absolute Gasteiger partial charge is 0.328 e. The molecule has 4 aromatic rings. The van der Waals surface area contributed by atoms with Gasteiger partial charge in [-0.15, -0.1) is 0 Å². The van der Waals surface area contributed by atoms with E-state index in [1.165, 1.54) is 12.1 Å². The number of anilines is 1. The Kier molecular flexibility index (Phi) is 7.23. The van der Waals surface area contributed by atoms with Crippen molar-refractivity contribution in [1.82, 2.24) is 24.5 Å². The van der Waals surface area contributed by atoms with Crippen molar-refractivity contribution in [3.05, 3.63) is 64.3 Å². The van der Waals surface area contributed by atoms with Gasteiger partial charge in [-0.1, -0.05) is 11.6 Å². The van der Waals surface area contributed by atoms with Crippen LogP contribution in [0.3, 0.4) is 0 Å². The van der Waals surface area contributed by atoms with E-state index >= 15 is 0 Å². The second kappa shape index (κ2) is 10.3. The topological polar surface area (TPSA) is 119 Å². The first-order chi connectivity index (χ1) is 18.1. The fourth-order valence-electron chi connectivity index (χ4n) is 4.49. The molecule has 0 saturated heterocycles. The highest BCUT2D eigenvalue weighted by Gasteiger charge is 2.36. The molecule has 0 saturated carbocycles.